The summed E-state index contributed by atoms with van der Waals surface area (Å²) < 4.78 is 0. The molecule has 5 rings (SSSR count). The van der Waals surface area contributed by atoms with E-state index in [1.165, 1.54) is 5.56 Å². The van der Waals surface area contributed by atoms with Gasteiger partial charge in [-0.25, -0.2) is 0 Å². The highest BCUT2D eigenvalue weighted by atomic mass is 16.2. The lowest BCUT2D eigenvalue weighted by atomic mass is 9.81. The lowest BCUT2D eigenvalue weighted by molar-refractivity contribution is 0.101. The first-order valence-electron chi connectivity index (χ1n) is 12.6. The van der Waals surface area contributed by atoms with Crippen molar-refractivity contribution in [2.24, 2.45) is 0 Å². The largest absolute Gasteiger partial charge is 0.363 e. The van der Waals surface area contributed by atoms with E-state index in [0.717, 1.165) is 22.6 Å². The number of fused-ring (bicyclic) bond motifs is 1. The molecule has 1 aliphatic rings. The molecule has 2 amide bonds. The van der Waals surface area contributed by atoms with Crippen molar-refractivity contribution in [1.82, 2.24) is 0 Å². The van der Waals surface area contributed by atoms with Crippen LogP contribution in [0.2, 0.25) is 0 Å². The fraction of sp³-hybridized carbons (Fsp3) is 0.188. The SMILES string of the molecule is CC1N(Cc2cccc(NC(=O)c3ccccc3)c2)c2cc(NC(=O)c3ccccc3)ccc2C1(C)C. The maximum atomic E-state index is 12.7. The smallest absolute Gasteiger partial charge is 0.255 e. The molecule has 0 spiro atoms. The molecule has 0 radical (unpaired) electrons. The zero-order valence-electron chi connectivity index (χ0n) is 21.4. The summed E-state index contributed by atoms with van der Waals surface area (Å²) in [6.45, 7) is 7.44. The van der Waals surface area contributed by atoms with Crippen LogP contribution in [0.25, 0.3) is 0 Å². The number of amides is 2. The van der Waals surface area contributed by atoms with Gasteiger partial charge in [-0.2, -0.15) is 0 Å². The van der Waals surface area contributed by atoms with E-state index in [1.54, 1.807) is 12.1 Å². The highest BCUT2D eigenvalue weighted by Gasteiger charge is 2.41. The summed E-state index contributed by atoms with van der Waals surface area (Å²) in [5.41, 5.74) is 6.20. The van der Waals surface area contributed by atoms with E-state index < -0.39 is 0 Å². The quantitative estimate of drug-likeness (QED) is 0.310. The molecule has 4 aromatic rings. The van der Waals surface area contributed by atoms with Crippen molar-refractivity contribution in [3.05, 3.63) is 125 Å². The number of hydrogen-bond acceptors (Lipinski definition) is 3. The Balaban J connectivity index is 1.38. The molecule has 186 valence electrons. The summed E-state index contributed by atoms with van der Waals surface area (Å²) in [6.07, 6.45) is 0. The third-order valence-electron chi connectivity index (χ3n) is 7.38. The summed E-state index contributed by atoms with van der Waals surface area (Å²) in [5, 5.41) is 6.06. The Kier molecular flexibility index (Phi) is 6.53. The maximum absolute atomic E-state index is 12.7. The molecule has 5 heteroatoms. The highest BCUT2D eigenvalue weighted by molar-refractivity contribution is 6.05. The van der Waals surface area contributed by atoms with Crippen molar-refractivity contribution in [1.29, 1.82) is 0 Å². The van der Waals surface area contributed by atoms with Crippen LogP contribution in [0.3, 0.4) is 0 Å². The molecule has 0 saturated heterocycles. The van der Waals surface area contributed by atoms with Crippen LogP contribution in [0, 0.1) is 0 Å². The molecule has 1 unspecified atom stereocenters. The Hall–Kier alpha value is -4.38. The van der Waals surface area contributed by atoms with Crippen molar-refractivity contribution in [2.45, 2.75) is 38.8 Å². The third kappa shape index (κ3) is 4.98. The zero-order valence-corrected chi connectivity index (χ0v) is 21.4. The van der Waals surface area contributed by atoms with E-state index in [4.69, 9.17) is 0 Å². The maximum Gasteiger partial charge on any atom is 0.255 e. The monoisotopic (exact) mass is 489 g/mol. The molecular formula is C32H31N3O2. The molecule has 4 aromatic carbocycles. The summed E-state index contributed by atoms with van der Waals surface area (Å²) >= 11 is 0. The van der Waals surface area contributed by atoms with Crippen LogP contribution in [-0.4, -0.2) is 17.9 Å². The van der Waals surface area contributed by atoms with E-state index >= 15 is 0 Å². The van der Waals surface area contributed by atoms with Gasteiger partial charge in [0, 0.05) is 46.2 Å². The second-order valence-corrected chi connectivity index (χ2v) is 10.1. The van der Waals surface area contributed by atoms with Gasteiger partial charge in [0.1, 0.15) is 0 Å². The van der Waals surface area contributed by atoms with Crippen LogP contribution in [-0.2, 0) is 12.0 Å². The van der Waals surface area contributed by atoms with Gasteiger partial charge in [0.25, 0.3) is 11.8 Å². The molecule has 37 heavy (non-hydrogen) atoms. The number of carbonyl (C=O) groups excluding carboxylic acids is 2. The van der Waals surface area contributed by atoms with Gasteiger partial charge in [0.2, 0.25) is 0 Å². The first-order valence-corrected chi connectivity index (χ1v) is 12.6. The van der Waals surface area contributed by atoms with E-state index in [2.05, 4.69) is 54.5 Å². The summed E-state index contributed by atoms with van der Waals surface area (Å²) in [5.74, 6) is -0.253. The molecule has 1 atom stereocenters. The summed E-state index contributed by atoms with van der Waals surface area (Å²) in [6, 6.07) is 32.9. The van der Waals surface area contributed by atoms with Crippen molar-refractivity contribution >= 4 is 28.9 Å². The average Bonchev–Trinajstić information content (AvgIpc) is 3.10. The van der Waals surface area contributed by atoms with Crippen LogP contribution in [0.1, 0.15) is 52.6 Å². The molecular weight excluding hydrogens is 458 g/mol. The lowest BCUT2D eigenvalue weighted by Crippen LogP contribution is -2.38. The number of carbonyl (C=O) groups is 2. The fourth-order valence-corrected chi connectivity index (χ4v) is 4.97. The zero-order chi connectivity index (χ0) is 26.0. The van der Waals surface area contributed by atoms with E-state index in [1.807, 2.05) is 72.8 Å². The van der Waals surface area contributed by atoms with Crippen LogP contribution in [0.4, 0.5) is 17.1 Å². The Morgan fingerprint density at radius 2 is 1.30 bits per heavy atom. The highest BCUT2D eigenvalue weighted by Crippen LogP contribution is 2.46. The van der Waals surface area contributed by atoms with E-state index in [-0.39, 0.29) is 23.3 Å². The predicted octanol–water partition coefficient (Wildman–Crippen LogP) is 6.88. The number of nitrogens with zero attached hydrogens (tertiary/aromatic N) is 1. The first-order chi connectivity index (χ1) is 17.8. The van der Waals surface area contributed by atoms with Gasteiger partial charge in [0.05, 0.1) is 0 Å². The van der Waals surface area contributed by atoms with Crippen molar-refractivity contribution in [3.8, 4) is 0 Å². The molecule has 0 fully saturated rings. The predicted molar refractivity (Wildman–Crippen MR) is 150 cm³/mol. The second kappa shape index (κ2) is 9.94. The topological polar surface area (TPSA) is 61.4 Å². The number of rotatable bonds is 6. The van der Waals surface area contributed by atoms with Crippen LogP contribution in [0.15, 0.2) is 103 Å². The van der Waals surface area contributed by atoms with Gasteiger partial charge >= 0.3 is 0 Å². The molecule has 0 aliphatic carbocycles. The molecule has 0 aromatic heterocycles. The third-order valence-corrected chi connectivity index (χ3v) is 7.38. The second-order valence-electron chi connectivity index (χ2n) is 10.1. The van der Waals surface area contributed by atoms with Gasteiger partial charge in [-0.05, 0) is 66.6 Å². The molecule has 0 bridgehead atoms. The van der Waals surface area contributed by atoms with Gasteiger partial charge in [-0.3, -0.25) is 9.59 Å². The minimum atomic E-state index is -0.127. The standard InChI is InChI=1S/C32H31N3O2/c1-22-32(2,3)28-18-17-27(34-31(37)25-14-8-5-9-15-25)20-29(28)35(22)21-23-11-10-16-26(19-23)33-30(36)24-12-6-4-7-13-24/h4-20,22H,21H2,1-3H3,(H,33,36)(H,34,37). The molecule has 1 heterocycles. The number of benzene rings is 4. The Morgan fingerprint density at radius 1 is 0.730 bits per heavy atom. The minimum absolute atomic E-state index is 0.0591. The molecule has 2 N–H and O–H groups in total. The average molecular weight is 490 g/mol. The van der Waals surface area contributed by atoms with Crippen molar-refractivity contribution in [2.75, 3.05) is 15.5 Å². The lowest BCUT2D eigenvalue weighted by Gasteiger charge is -2.31. The number of nitrogens with one attached hydrogen (secondary N) is 2. The molecule has 0 saturated carbocycles. The van der Waals surface area contributed by atoms with E-state index in [9.17, 15) is 9.59 Å². The van der Waals surface area contributed by atoms with Crippen LogP contribution >= 0.6 is 0 Å². The normalized spacial score (nSPS) is 15.6. The van der Waals surface area contributed by atoms with Gasteiger partial charge in [0.15, 0.2) is 0 Å². The van der Waals surface area contributed by atoms with Crippen molar-refractivity contribution < 1.29 is 9.59 Å². The number of anilines is 3. The number of hydrogen-bond donors (Lipinski definition) is 2. The van der Waals surface area contributed by atoms with Gasteiger partial charge in [-0.1, -0.05) is 68.4 Å². The van der Waals surface area contributed by atoms with Crippen LogP contribution in [0.5, 0.6) is 0 Å². The molecule has 1 aliphatic heterocycles. The fourth-order valence-electron chi connectivity index (χ4n) is 4.97. The summed E-state index contributed by atoms with van der Waals surface area (Å²) in [4.78, 5) is 27.8. The minimum Gasteiger partial charge on any atom is -0.363 e. The summed E-state index contributed by atoms with van der Waals surface area (Å²) in [7, 11) is 0. The van der Waals surface area contributed by atoms with Gasteiger partial charge < -0.3 is 15.5 Å². The van der Waals surface area contributed by atoms with Gasteiger partial charge in [-0.15, -0.1) is 0 Å². The van der Waals surface area contributed by atoms with Crippen LogP contribution < -0.4 is 15.5 Å². The van der Waals surface area contributed by atoms with Crippen molar-refractivity contribution in [3.63, 3.8) is 0 Å². The molecule has 5 nitrogen and oxygen atoms in total. The first kappa shape index (κ1) is 24.3. The Morgan fingerprint density at radius 3 is 1.89 bits per heavy atom. The van der Waals surface area contributed by atoms with E-state index in [0.29, 0.717) is 17.7 Å². The Bertz CT molecular complexity index is 1430. The Labute approximate surface area is 218 Å².